The van der Waals surface area contributed by atoms with E-state index in [-0.39, 0.29) is 12.0 Å². The van der Waals surface area contributed by atoms with Crippen molar-refractivity contribution >= 4 is 5.97 Å². The summed E-state index contributed by atoms with van der Waals surface area (Å²) in [6.45, 7) is 0. The summed E-state index contributed by atoms with van der Waals surface area (Å²) in [7, 11) is 7.10. The van der Waals surface area contributed by atoms with Gasteiger partial charge < -0.3 is 14.4 Å². The first-order chi connectivity index (χ1) is 9.05. The molecule has 0 aromatic heterocycles. The van der Waals surface area contributed by atoms with Crippen molar-refractivity contribution in [2.45, 2.75) is 18.9 Å². The molecule has 0 bridgehead atoms. The molecule has 1 saturated carbocycles. The lowest BCUT2D eigenvalue weighted by atomic mass is 9.89. The van der Waals surface area contributed by atoms with E-state index >= 15 is 0 Å². The highest BCUT2D eigenvalue weighted by Gasteiger charge is 2.58. The Hall–Kier alpha value is -1.55. The molecule has 0 radical (unpaired) electrons. The molecule has 19 heavy (non-hydrogen) atoms. The monoisotopic (exact) mass is 263 g/mol. The average Bonchev–Trinajstić information content (AvgIpc) is 3.19. The largest absolute Gasteiger partial charge is 0.497 e. The van der Waals surface area contributed by atoms with Crippen LogP contribution in [-0.2, 0) is 9.53 Å². The second kappa shape index (κ2) is 5.21. The highest BCUT2D eigenvalue weighted by Crippen LogP contribution is 2.57. The molecular formula is C15H21NO3. The second-order valence-corrected chi connectivity index (χ2v) is 5.29. The Kier molecular flexibility index (Phi) is 3.80. The number of nitrogens with zero attached hydrogens (tertiary/aromatic N) is 1. The van der Waals surface area contributed by atoms with Crippen molar-refractivity contribution < 1.29 is 14.3 Å². The van der Waals surface area contributed by atoms with Gasteiger partial charge in [-0.15, -0.1) is 0 Å². The summed E-state index contributed by atoms with van der Waals surface area (Å²) in [6, 6.07) is 7.92. The minimum Gasteiger partial charge on any atom is -0.497 e. The van der Waals surface area contributed by atoms with E-state index in [1.165, 1.54) is 7.11 Å². The molecule has 1 aromatic rings. The maximum Gasteiger partial charge on any atom is 0.313 e. The van der Waals surface area contributed by atoms with Crippen LogP contribution in [0.4, 0.5) is 0 Å². The predicted molar refractivity (Wildman–Crippen MR) is 73.1 cm³/mol. The highest BCUT2D eigenvalue weighted by molar-refractivity contribution is 5.81. The van der Waals surface area contributed by atoms with Crippen LogP contribution in [-0.4, -0.2) is 39.2 Å². The third-order valence-corrected chi connectivity index (χ3v) is 3.83. The number of rotatable bonds is 5. The van der Waals surface area contributed by atoms with E-state index in [1.54, 1.807) is 7.11 Å². The first-order valence-corrected chi connectivity index (χ1v) is 6.44. The Morgan fingerprint density at radius 2 is 2.00 bits per heavy atom. The van der Waals surface area contributed by atoms with E-state index in [0.717, 1.165) is 24.2 Å². The predicted octanol–water partition coefficient (Wildman–Crippen LogP) is 2.25. The summed E-state index contributed by atoms with van der Waals surface area (Å²) in [4.78, 5) is 14.2. The zero-order valence-electron chi connectivity index (χ0n) is 12.0. The first-order valence-electron chi connectivity index (χ1n) is 6.44. The molecule has 0 heterocycles. The number of methoxy groups -OCH3 is 2. The zero-order chi connectivity index (χ0) is 14.0. The molecule has 1 aliphatic rings. The number of hydrogen-bond acceptors (Lipinski definition) is 4. The Morgan fingerprint density at radius 1 is 1.32 bits per heavy atom. The Bertz CT molecular complexity index is 466. The van der Waals surface area contributed by atoms with Crippen molar-refractivity contribution in [1.29, 1.82) is 0 Å². The molecule has 2 rings (SSSR count). The Morgan fingerprint density at radius 3 is 2.47 bits per heavy atom. The first kappa shape index (κ1) is 13.9. The minimum atomic E-state index is -0.398. The van der Waals surface area contributed by atoms with Crippen molar-refractivity contribution in [1.82, 2.24) is 4.90 Å². The molecular weight excluding hydrogens is 242 g/mol. The Balaban J connectivity index is 2.38. The van der Waals surface area contributed by atoms with E-state index in [4.69, 9.17) is 9.47 Å². The molecule has 1 aliphatic carbocycles. The lowest BCUT2D eigenvalue weighted by Crippen LogP contribution is -2.34. The van der Waals surface area contributed by atoms with Crippen LogP contribution in [0.3, 0.4) is 0 Å². The van der Waals surface area contributed by atoms with Crippen LogP contribution in [0.5, 0.6) is 5.75 Å². The molecule has 1 aromatic carbocycles. The SMILES string of the molecule is COC(=O)C1(C(c2cccc(OC)c2)N(C)C)CC1. The van der Waals surface area contributed by atoms with E-state index in [0.29, 0.717) is 0 Å². The molecule has 0 saturated heterocycles. The second-order valence-electron chi connectivity index (χ2n) is 5.29. The third-order valence-electron chi connectivity index (χ3n) is 3.83. The molecule has 104 valence electrons. The average molecular weight is 263 g/mol. The maximum atomic E-state index is 12.1. The number of carbonyl (C=O) groups excluding carboxylic acids is 1. The Labute approximate surface area is 114 Å². The summed E-state index contributed by atoms with van der Waals surface area (Å²) in [5.41, 5.74) is 0.692. The minimum absolute atomic E-state index is 0.0232. The maximum absolute atomic E-state index is 12.1. The van der Waals surface area contributed by atoms with Gasteiger partial charge >= 0.3 is 5.97 Å². The number of ether oxygens (including phenoxy) is 2. The van der Waals surface area contributed by atoms with Gasteiger partial charge in [-0.25, -0.2) is 0 Å². The van der Waals surface area contributed by atoms with Crippen LogP contribution < -0.4 is 4.74 Å². The normalized spacial score (nSPS) is 17.9. The van der Waals surface area contributed by atoms with Crippen molar-refractivity contribution in [3.63, 3.8) is 0 Å². The van der Waals surface area contributed by atoms with Gasteiger partial charge in [0.2, 0.25) is 0 Å². The molecule has 1 fully saturated rings. The summed E-state index contributed by atoms with van der Waals surface area (Å²) >= 11 is 0. The molecule has 4 heteroatoms. The standard InChI is InChI=1S/C15H21NO3/c1-16(2)13(15(8-9-15)14(17)19-4)11-6-5-7-12(10-11)18-3/h5-7,10,13H,8-9H2,1-4H3. The summed E-state index contributed by atoms with van der Waals surface area (Å²) in [5.74, 6) is 0.694. The fourth-order valence-electron chi connectivity index (χ4n) is 2.85. The quantitative estimate of drug-likeness (QED) is 0.764. The summed E-state index contributed by atoms with van der Waals surface area (Å²) < 4.78 is 10.3. The van der Waals surface area contributed by atoms with E-state index < -0.39 is 5.41 Å². The summed E-state index contributed by atoms with van der Waals surface area (Å²) in [5, 5.41) is 0. The van der Waals surface area contributed by atoms with Gasteiger partial charge in [0.15, 0.2) is 0 Å². The van der Waals surface area contributed by atoms with Crippen molar-refractivity contribution in [3.05, 3.63) is 29.8 Å². The lowest BCUT2D eigenvalue weighted by Gasteiger charge is -2.31. The van der Waals surface area contributed by atoms with Crippen LogP contribution >= 0.6 is 0 Å². The number of esters is 1. The summed E-state index contributed by atoms with van der Waals surface area (Å²) in [6.07, 6.45) is 1.75. The number of carbonyl (C=O) groups is 1. The zero-order valence-corrected chi connectivity index (χ0v) is 12.0. The van der Waals surface area contributed by atoms with Gasteiger partial charge in [-0.05, 0) is 44.6 Å². The van der Waals surface area contributed by atoms with E-state index in [1.807, 2.05) is 38.4 Å². The van der Waals surface area contributed by atoms with Gasteiger partial charge in [-0.3, -0.25) is 4.79 Å². The van der Waals surface area contributed by atoms with Crippen LogP contribution in [0, 0.1) is 5.41 Å². The number of hydrogen-bond donors (Lipinski definition) is 0. The van der Waals surface area contributed by atoms with E-state index in [9.17, 15) is 4.79 Å². The van der Waals surface area contributed by atoms with Crippen molar-refractivity contribution in [2.75, 3.05) is 28.3 Å². The smallest absolute Gasteiger partial charge is 0.313 e. The fourth-order valence-corrected chi connectivity index (χ4v) is 2.85. The molecule has 1 unspecified atom stereocenters. The molecule has 4 nitrogen and oxygen atoms in total. The van der Waals surface area contributed by atoms with Gasteiger partial charge in [0.05, 0.1) is 25.7 Å². The highest BCUT2D eigenvalue weighted by atomic mass is 16.5. The lowest BCUT2D eigenvalue weighted by molar-refractivity contribution is -0.150. The topological polar surface area (TPSA) is 38.8 Å². The third kappa shape index (κ3) is 2.45. The fraction of sp³-hybridized carbons (Fsp3) is 0.533. The molecule has 1 atom stereocenters. The van der Waals surface area contributed by atoms with Gasteiger partial charge in [0, 0.05) is 0 Å². The van der Waals surface area contributed by atoms with Gasteiger partial charge in [0.1, 0.15) is 5.75 Å². The molecule has 0 spiro atoms. The molecule has 0 N–H and O–H groups in total. The van der Waals surface area contributed by atoms with Crippen molar-refractivity contribution in [2.24, 2.45) is 5.41 Å². The van der Waals surface area contributed by atoms with E-state index in [2.05, 4.69) is 4.90 Å². The molecule has 0 amide bonds. The van der Waals surface area contributed by atoms with Gasteiger partial charge in [-0.2, -0.15) is 0 Å². The molecule has 0 aliphatic heterocycles. The van der Waals surface area contributed by atoms with Crippen LogP contribution in [0.1, 0.15) is 24.4 Å². The van der Waals surface area contributed by atoms with Crippen LogP contribution in [0.15, 0.2) is 24.3 Å². The van der Waals surface area contributed by atoms with Crippen LogP contribution in [0.25, 0.3) is 0 Å². The van der Waals surface area contributed by atoms with Crippen molar-refractivity contribution in [3.8, 4) is 5.75 Å². The van der Waals surface area contributed by atoms with Gasteiger partial charge in [0.25, 0.3) is 0 Å². The number of benzene rings is 1. The van der Waals surface area contributed by atoms with Crippen LogP contribution in [0.2, 0.25) is 0 Å². The van der Waals surface area contributed by atoms with Gasteiger partial charge in [-0.1, -0.05) is 12.1 Å².